The van der Waals surface area contributed by atoms with Gasteiger partial charge in [-0.1, -0.05) is 12.1 Å². The number of nitrogen functional groups attached to an aromatic ring is 1. The number of nitro groups is 1. The van der Waals surface area contributed by atoms with Gasteiger partial charge in [0.15, 0.2) is 5.58 Å². The molecule has 0 radical (unpaired) electrons. The van der Waals surface area contributed by atoms with Crippen molar-refractivity contribution >= 4 is 34.2 Å². The smallest absolute Gasteiger partial charge is 0.292 e. The zero-order valence-corrected chi connectivity index (χ0v) is 11.0. The molecule has 0 unspecified atom stereocenters. The molecule has 0 amide bonds. The Morgan fingerprint density at radius 1 is 1.25 bits per heavy atom. The largest absolute Gasteiger partial charge is 0.431 e. The van der Waals surface area contributed by atoms with Crippen LogP contribution in [-0.4, -0.2) is 9.91 Å². The van der Waals surface area contributed by atoms with Crippen molar-refractivity contribution in [1.29, 1.82) is 0 Å². The number of benzene rings is 2. The summed E-state index contributed by atoms with van der Waals surface area (Å²) in [5.74, 6) is 0. The van der Waals surface area contributed by atoms with Crippen molar-refractivity contribution < 1.29 is 9.34 Å². The minimum Gasteiger partial charge on any atom is -0.431 e. The van der Waals surface area contributed by atoms with Crippen molar-refractivity contribution in [3.05, 3.63) is 52.6 Å². The number of para-hydroxylation sites is 2. The summed E-state index contributed by atoms with van der Waals surface area (Å²) in [6.45, 7) is 0. The molecule has 0 bridgehead atoms. The van der Waals surface area contributed by atoms with Gasteiger partial charge in [-0.05, 0) is 36.0 Å². The summed E-state index contributed by atoms with van der Waals surface area (Å²) in [7, 11) is 0. The lowest BCUT2D eigenvalue weighted by molar-refractivity contribution is -0.383. The third-order valence-corrected chi connectivity index (χ3v) is 3.51. The number of nitro benzene ring substituents is 1. The maximum absolute atomic E-state index is 10.7. The Hall–Kier alpha value is -2.54. The topological polar surface area (TPSA) is 95.2 Å². The quantitative estimate of drug-likeness (QED) is 0.450. The average molecular weight is 287 g/mol. The molecule has 0 spiro atoms. The van der Waals surface area contributed by atoms with Crippen LogP contribution in [-0.2, 0) is 0 Å². The van der Waals surface area contributed by atoms with Crippen molar-refractivity contribution in [2.75, 3.05) is 5.73 Å². The first kappa shape index (κ1) is 12.5. The van der Waals surface area contributed by atoms with Gasteiger partial charge < -0.3 is 10.2 Å². The normalized spacial score (nSPS) is 10.8. The van der Waals surface area contributed by atoms with Gasteiger partial charge in [-0.2, -0.15) is 0 Å². The van der Waals surface area contributed by atoms with Crippen LogP contribution in [0.15, 0.2) is 57.0 Å². The Bertz CT molecular complexity index is 767. The van der Waals surface area contributed by atoms with E-state index in [9.17, 15) is 10.1 Å². The molecule has 0 aliphatic carbocycles. The molecular weight excluding hydrogens is 278 g/mol. The lowest BCUT2D eigenvalue weighted by Gasteiger charge is -2.00. The number of nitrogens with zero attached hydrogens (tertiary/aromatic N) is 2. The zero-order valence-electron chi connectivity index (χ0n) is 10.1. The fourth-order valence-electron chi connectivity index (χ4n) is 1.76. The number of aromatic nitrogens is 1. The van der Waals surface area contributed by atoms with E-state index in [0.29, 0.717) is 10.8 Å². The maximum Gasteiger partial charge on any atom is 0.292 e. The predicted molar refractivity (Wildman–Crippen MR) is 75.6 cm³/mol. The number of nitrogens with two attached hydrogens (primary N) is 1. The first-order chi connectivity index (χ1) is 9.63. The molecule has 100 valence electrons. The number of hydrogen-bond donors (Lipinski definition) is 1. The van der Waals surface area contributed by atoms with Gasteiger partial charge in [-0.25, -0.2) is 4.98 Å². The van der Waals surface area contributed by atoms with Gasteiger partial charge in [0, 0.05) is 11.0 Å². The summed E-state index contributed by atoms with van der Waals surface area (Å²) in [6.07, 6.45) is 0. The third kappa shape index (κ3) is 2.30. The molecule has 7 heteroatoms. The van der Waals surface area contributed by atoms with Crippen LogP contribution in [0.2, 0.25) is 0 Å². The van der Waals surface area contributed by atoms with Crippen molar-refractivity contribution in [1.82, 2.24) is 4.98 Å². The summed E-state index contributed by atoms with van der Waals surface area (Å²) in [6, 6.07) is 12.0. The Labute approximate surface area is 117 Å². The van der Waals surface area contributed by atoms with Crippen molar-refractivity contribution in [3.8, 4) is 0 Å². The highest BCUT2D eigenvalue weighted by Gasteiger charge is 2.13. The molecule has 20 heavy (non-hydrogen) atoms. The zero-order chi connectivity index (χ0) is 14.1. The molecule has 1 heterocycles. The van der Waals surface area contributed by atoms with Crippen LogP contribution in [0, 0.1) is 10.1 Å². The molecule has 0 fully saturated rings. The lowest BCUT2D eigenvalue weighted by atomic mass is 10.3. The van der Waals surface area contributed by atoms with E-state index >= 15 is 0 Å². The van der Waals surface area contributed by atoms with E-state index in [1.165, 1.54) is 23.9 Å². The van der Waals surface area contributed by atoms with E-state index in [1.807, 2.05) is 24.3 Å². The summed E-state index contributed by atoms with van der Waals surface area (Å²) < 4.78 is 5.57. The number of anilines is 1. The number of hydrogen-bond acceptors (Lipinski definition) is 6. The molecule has 0 aliphatic heterocycles. The minimum absolute atomic E-state index is 0.105. The monoisotopic (exact) mass is 287 g/mol. The minimum atomic E-state index is -0.511. The molecule has 3 rings (SSSR count). The van der Waals surface area contributed by atoms with E-state index in [0.717, 1.165) is 10.4 Å². The van der Waals surface area contributed by atoms with E-state index in [2.05, 4.69) is 4.98 Å². The van der Waals surface area contributed by atoms with Crippen LogP contribution < -0.4 is 5.73 Å². The number of rotatable bonds is 3. The van der Waals surface area contributed by atoms with Gasteiger partial charge in [0.05, 0.1) is 4.92 Å². The van der Waals surface area contributed by atoms with Gasteiger partial charge in [-0.15, -0.1) is 0 Å². The second kappa shape index (κ2) is 4.86. The molecule has 6 nitrogen and oxygen atoms in total. The molecule has 0 saturated carbocycles. The summed E-state index contributed by atoms with van der Waals surface area (Å²) in [5, 5.41) is 11.2. The standard InChI is InChI=1S/C13H9N3O3S/c14-9-7-8(5-6-11(9)16(17)18)20-13-15-10-3-1-2-4-12(10)19-13/h1-7H,14H2. The highest BCUT2D eigenvalue weighted by molar-refractivity contribution is 7.99. The fourth-order valence-corrected chi connectivity index (χ4v) is 2.56. The second-order valence-electron chi connectivity index (χ2n) is 4.03. The molecular formula is C13H9N3O3S. The number of oxazole rings is 1. The van der Waals surface area contributed by atoms with Gasteiger partial charge in [-0.3, -0.25) is 10.1 Å². The first-order valence-corrected chi connectivity index (χ1v) is 6.52. The van der Waals surface area contributed by atoms with Crippen molar-refractivity contribution in [2.45, 2.75) is 10.1 Å². The highest BCUT2D eigenvalue weighted by atomic mass is 32.2. The Morgan fingerprint density at radius 2 is 2.05 bits per heavy atom. The van der Waals surface area contributed by atoms with Gasteiger partial charge in [0.1, 0.15) is 11.2 Å². The van der Waals surface area contributed by atoms with Crippen LogP contribution in [0.4, 0.5) is 11.4 Å². The van der Waals surface area contributed by atoms with Crippen LogP contribution in [0.25, 0.3) is 11.1 Å². The Morgan fingerprint density at radius 3 is 2.75 bits per heavy atom. The summed E-state index contributed by atoms with van der Waals surface area (Å²) in [4.78, 5) is 15.2. The van der Waals surface area contributed by atoms with E-state index in [1.54, 1.807) is 6.07 Å². The summed E-state index contributed by atoms with van der Waals surface area (Å²) >= 11 is 1.27. The second-order valence-corrected chi connectivity index (χ2v) is 5.05. The maximum atomic E-state index is 10.7. The van der Waals surface area contributed by atoms with Gasteiger partial charge in [0.25, 0.3) is 10.9 Å². The Kier molecular flexibility index (Phi) is 3.03. The van der Waals surface area contributed by atoms with Crippen molar-refractivity contribution in [2.24, 2.45) is 0 Å². The molecule has 1 aromatic heterocycles. The van der Waals surface area contributed by atoms with Gasteiger partial charge in [0.2, 0.25) is 0 Å². The first-order valence-electron chi connectivity index (χ1n) is 5.71. The van der Waals surface area contributed by atoms with Crippen LogP contribution in [0.1, 0.15) is 0 Å². The summed E-state index contributed by atoms with van der Waals surface area (Å²) in [5.41, 5.74) is 7.13. The molecule has 0 aliphatic rings. The lowest BCUT2D eigenvalue weighted by Crippen LogP contribution is -1.95. The van der Waals surface area contributed by atoms with E-state index < -0.39 is 4.92 Å². The fraction of sp³-hybridized carbons (Fsp3) is 0. The van der Waals surface area contributed by atoms with Gasteiger partial charge >= 0.3 is 0 Å². The number of fused-ring (bicyclic) bond motifs is 1. The SMILES string of the molecule is Nc1cc(Sc2nc3ccccc3o2)ccc1[N+](=O)[O-]. The molecule has 2 N–H and O–H groups in total. The van der Waals surface area contributed by atoms with Crippen LogP contribution >= 0.6 is 11.8 Å². The van der Waals surface area contributed by atoms with Crippen molar-refractivity contribution in [3.63, 3.8) is 0 Å². The predicted octanol–water partition coefficient (Wildman–Crippen LogP) is 3.47. The Balaban J connectivity index is 1.90. The van der Waals surface area contributed by atoms with E-state index in [4.69, 9.17) is 10.2 Å². The molecule has 3 aromatic rings. The molecule has 2 aromatic carbocycles. The molecule has 0 atom stereocenters. The van der Waals surface area contributed by atoms with Crippen LogP contribution in [0.5, 0.6) is 0 Å². The van der Waals surface area contributed by atoms with E-state index in [-0.39, 0.29) is 11.4 Å². The third-order valence-electron chi connectivity index (χ3n) is 2.68. The average Bonchev–Trinajstić information content (AvgIpc) is 2.80. The van der Waals surface area contributed by atoms with Crippen LogP contribution in [0.3, 0.4) is 0 Å². The highest BCUT2D eigenvalue weighted by Crippen LogP contribution is 2.33. The molecule has 0 saturated heterocycles.